The predicted octanol–water partition coefficient (Wildman–Crippen LogP) is 3.53. The molecule has 3 nitrogen and oxygen atoms in total. The van der Waals surface area contributed by atoms with E-state index in [0.717, 1.165) is 16.7 Å². The van der Waals surface area contributed by atoms with Crippen LogP contribution in [0.5, 0.6) is 0 Å². The highest BCUT2D eigenvalue weighted by Crippen LogP contribution is 2.18. The first-order chi connectivity index (χ1) is 9.97. The molecule has 0 aliphatic rings. The van der Waals surface area contributed by atoms with Crippen molar-refractivity contribution in [2.45, 2.75) is 25.9 Å². The standard InChI is InChI=1S/C17H19ClN2O/c1-11-3-5-14(6-4-11)16(19)17(21)20-12(2)13-7-9-15(18)10-8-13/h3-10,12,16H,19H2,1-2H3,(H,20,21). The highest BCUT2D eigenvalue weighted by atomic mass is 35.5. The molecule has 0 aliphatic heterocycles. The normalized spacial score (nSPS) is 13.5. The molecule has 0 aliphatic carbocycles. The van der Waals surface area contributed by atoms with E-state index < -0.39 is 6.04 Å². The monoisotopic (exact) mass is 302 g/mol. The second-order valence-electron chi connectivity index (χ2n) is 5.17. The molecule has 0 spiro atoms. The Morgan fingerprint density at radius 3 is 2.14 bits per heavy atom. The molecule has 2 rings (SSSR count). The van der Waals surface area contributed by atoms with Crippen molar-refractivity contribution >= 4 is 17.5 Å². The molecular weight excluding hydrogens is 284 g/mol. The van der Waals surface area contributed by atoms with E-state index >= 15 is 0 Å². The summed E-state index contributed by atoms with van der Waals surface area (Å²) in [5.74, 6) is -0.193. The van der Waals surface area contributed by atoms with Gasteiger partial charge in [-0.3, -0.25) is 4.79 Å². The number of halogens is 1. The van der Waals surface area contributed by atoms with Gasteiger partial charge in [-0.15, -0.1) is 0 Å². The summed E-state index contributed by atoms with van der Waals surface area (Å²) in [6.45, 7) is 3.92. The van der Waals surface area contributed by atoms with Crippen LogP contribution in [-0.4, -0.2) is 5.91 Å². The number of carbonyl (C=O) groups excluding carboxylic acids is 1. The number of hydrogen-bond acceptors (Lipinski definition) is 2. The second kappa shape index (κ2) is 6.74. The van der Waals surface area contributed by atoms with Crippen molar-refractivity contribution in [3.8, 4) is 0 Å². The van der Waals surface area contributed by atoms with Gasteiger partial charge in [0.25, 0.3) is 0 Å². The zero-order valence-electron chi connectivity index (χ0n) is 12.1. The topological polar surface area (TPSA) is 55.1 Å². The van der Waals surface area contributed by atoms with Gasteiger partial charge in [0, 0.05) is 5.02 Å². The molecule has 0 saturated heterocycles. The summed E-state index contributed by atoms with van der Waals surface area (Å²) < 4.78 is 0. The molecule has 0 bridgehead atoms. The summed E-state index contributed by atoms with van der Waals surface area (Å²) in [5.41, 5.74) is 8.94. The van der Waals surface area contributed by atoms with Gasteiger partial charge < -0.3 is 11.1 Å². The summed E-state index contributed by atoms with van der Waals surface area (Å²) in [4.78, 5) is 12.2. The molecule has 0 fully saturated rings. The van der Waals surface area contributed by atoms with Crippen molar-refractivity contribution in [1.82, 2.24) is 5.32 Å². The van der Waals surface area contributed by atoms with Crippen LogP contribution in [0.1, 0.15) is 35.7 Å². The van der Waals surface area contributed by atoms with E-state index in [9.17, 15) is 4.79 Å². The number of hydrogen-bond donors (Lipinski definition) is 2. The Kier molecular flexibility index (Phi) is 4.99. The van der Waals surface area contributed by atoms with Gasteiger partial charge in [-0.1, -0.05) is 53.6 Å². The van der Waals surface area contributed by atoms with E-state index in [1.165, 1.54) is 0 Å². The maximum absolute atomic E-state index is 12.2. The van der Waals surface area contributed by atoms with E-state index in [2.05, 4.69) is 5.32 Å². The molecule has 0 heterocycles. The van der Waals surface area contributed by atoms with Crippen LogP contribution in [0.2, 0.25) is 5.02 Å². The molecular formula is C17H19ClN2O. The lowest BCUT2D eigenvalue weighted by molar-refractivity contribution is -0.123. The average Bonchev–Trinajstić information content (AvgIpc) is 2.47. The zero-order valence-corrected chi connectivity index (χ0v) is 12.9. The van der Waals surface area contributed by atoms with Crippen molar-refractivity contribution in [2.24, 2.45) is 5.73 Å². The Morgan fingerprint density at radius 1 is 1.05 bits per heavy atom. The lowest BCUT2D eigenvalue weighted by atomic mass is 10.0. The molecule has 3 N–H and O–H groups in total. The van der Waals surface area contributed by atoms with Crippen LogP contribution in [-0.2, 0) is 4.79 Å². The number of carbonyl (C=O) groups is 1. The lowest BCUT2D eigenvalue weighted by Gasteiger charge is -2.18. The molecule has 2 aromatic carbocycles. The quantitative estimate of drug-likeness (QED) is 0.908. The van der Waals surface area contributed by atoms with Gasteiger partial charge in [0.2, 0.25) is 5.91 Å². The first-order valence-corrected chi connectivity index (χ1v) is 7.23. The molecule has 0 aromatic heterocycles. The third-order valence-corrected chi connectivity index (χ3v) is 3.70. The second-order valence-corrected chi connectivity index (χ2v) is 5.61. The van der Waals surface area contributed by atoms with Gasteiger partial charge in [0.15, 0.2) is 0 Å². The SMILES string of the molecule is Cc1ccc(C(N)C(=O)NC(C)c2ccc(Cl)cc2)cc1. The molecule has 0 radical (unpaired) electrons. The maximum atomic E-state index is 12.2. The van der Waals surface area contributed by atoms with Crippen LogP contribution in [0.3, 0.4) is 0 Å². The zero-order chi connectivity index (χ0) is 15.4. The number of aryl methyl sites for hydroxylation is 1. The Balaban J connectivity index is 2.03. The van der Waals surface area contributed by atoms with Crippen molar-refractivity contribution in [3.05, 3.63) is 70.2 Å². The van der Waals surface area contributed by atoms with Crippen LogP contribution >= 0.6 is 11.6 Å². The fourth-order valence-corrected chi connectivity index (χ4v) is 2.19. The minimum atomic E-state index is -0.666. The summed E-state index contributed by atoms with van der Waals surface area (Å²) in [5, 5.41) is 3.60. The molecule has 2 unspecified atom stereocenters. The lowest BCUT2D eigenvalue weighted by Crippen LogP contribution is -2.35. The van der Waals surface area contributed by atoms with E-state index in [1.54, 1.807) is 12.1 Å². The van der Waals surface area contributed by atoms with Crippen molar-refractivity contribution in [2.75, 3.05) is 0 Å². The summed E-state index contributed by atoms with van der Waals surface area (Å²) in [6.07, 6.45) is 0. The van der Waals surface area contributed by atoms with Crippen LogP contribution in [0.15, 0.2) is 48.5 Å². The first-order valence-electron chi connectivity index (χ1n) is 6.85. The van der Waals surface area contributed by atoms with Crippen molar-refractivity contribution < 1.29 is 4.79 Å². The van der Waals surface area contributed by atoms with E-state index in [-0.39, 0.29) is 11.9 Å². The Morgan fingerprint density at radius 2 is 1.57 bits per heavy atom. The fraction of sp³-hybridized carbons (Fsp3) is 0.235. The maximum Gasteiger partial charge on any atom is 0.241 e. The van der Waals surface area contributed by atoms with E-state index in [0.29, 0.717) is 5.02 Å². The summed E-state index contributed by atoms with van der Waals surface area (Å²) >= 11 is 5.86. The number of nitrogens with two attached hydrogens (primary N) is 1. The minimum Gasteiger partial charge on any atom is -0.348 e. The van der Waals surface area contributed by atoms with E-state index in [1.807, 2.05) is 50.2 Å². The van der Waals surface area contributed by atoms with Crippen LogP contribution in [0.4, 0.5) is 0 Å². The average molecular weight is 303 g/mol. The minimum absolute atomic E-state index is 0.119. The molecule has 110 valence electrons. The smallest absolute Gasteiger partial charge is 0.241 e. The third-order valence-electron chi connectivity index (χ3n) is 3.45. The molecule has 4 heteroatoms. The molecule has 0 saturated carbocycles. The van der Waals surface area contributed by atoms with Gasteiger partial charge >= 0.3 is 0 Å². The molecule has 2 atom stereocenters. The third kappa shape index (κ3) is 4.06. The number of nitrogens with one attached hydrogen (secondary N) is 1. The highest BCUT2D eigenvalue weighted by Gasteiger charge is 2.18. The highest BCUT2D eigenvalue weighted by molar-refractivity contribution is 6.30. The van der Waals surface area contributed by atoms with Gasteiger partial charge in [-0.25, -0.2) is 0 Å². The predicted molar refractivity (Wildman–Crippen MR) is 86.1 cm³/mol. The van der Waals surface area contributed by atoms with Crippen molar-refractivity contribution in [3.63, 3.8) is 0 Å². The first kappa shape index (κ1) is 15.5. The van der Waals surface area contributed by atoms with Crippen LogP contribution in [0.25, 0.3) is 0 Å². The molecule has 2 aromatic rings. The Labute approximate surface area is 130 Å². The van der Waals surface area contributed by atoms with Crippen LogP contribution in [0, 0.1) is 6.92 Å². The van der Waals surface area contributed by atoms with Gasteiger partial charge in [-0.2, -0.15) is 0 Å². The molecule has 1 amide bonds. The number of rotatable bonds is 4. The fourth-order valence-electron chi connectivity index (χ4n) is 2.06. The molecule has 21 heavy (non-hydrogen) atoms. The van der Waals surface area contributed by atoms with Gasteiger partial charge in [0.05, 0.1) is 6.04 Å². The largest absolute Gasteiger partial charge is 0.348 e. The van der Waals surface area contributed by atoms with Gasteiger partial charge in [-0.05, 0) is 37.1 Å². The van der Waals surface area contributed by atoms with Crippen LogP contribution < -0.4 is 11.1 Å². The number of benzene rings is 2. The Hall–Kier alpha value is -1.84. The Bertz CT molecular complexity index is 608. The van der Waals surface area contributed by atoms with Crippen molar-refractivity contribution in [1.29, 1.82) is 0 Å². The van der Waals surface area contributed by atoms with E-state index in [4.69, 9.17) is 17.3 Å². The summed E-state index contributed by atoms with van der Waals surface area (Å²) in [6, 6.07) is 14.3. The van der Waals surface area contributed by atoms with Gasteiger partial charge in [0.1, 0.15) is 6.04 Å². The number of amides is 1. The summed E-state index contributed by atoms with van der Waals surface area (Å²) in [7, 11) is 0.